The summed E-state index contributed by atoms with van der Waals surface area (Å²) in [6, 6.07) is 5.84. The van der Waals surface area contributed by atoms with Gasteiger partial charge >= 0.3 is 0 Å². The van der Waals surface area contributed by atoms with E-state index in [-0.39, 0.29) is 12.6 Å². The Morgan fingerprint density at radius 2 is 2.19 bits per heavy atom. The lowest BCUT2D eigenvalue weighted by atomic mass is 10.0. The normalized spacial score (nSPS) is 12.2. The predicted octanol–water partition coefficient (Wildman–Crippen LogP) is 2.25. The van der Waals surface area contributed by atoms with E-state index in [4.69, 9.17) is 19.7 Å². The largest absolute Gasteiger partial charge is 0.497 e. The summed E-state index contributed by atoms with van der Waals surface area (Å²) in [5, 5.41) is 3.81. The first-order chi connectivity index (χ1) is 10.1. The highest BCUT2D eigenvalue weighted by Crippen LogP contribution is 2.26. The Balaban J connectivity index is 2.13. The Morgan fingerprint density at radius 3 is 2.81 bits per heavy atom. The molecule has 0 spiro atoms. The van der Waals surface area contributed by atoms with Crippen LogP contribution in [0.5, 0.6) is 11.5 Å². The molecule has 21 heavy (non-hydrogen) atoms. The zero-order valence-electron chi connectivity index (χ0n) is 12.6. The van der Waals surface area contributed by atoms with Gasteiger partial charge in [-0.3, -0.25) is 0 Å². The molecule has 1 atom stereocenters. The Labute approximate surface area is 124 Å². The maximum atomic E-state index is 6.03. The minimum absolute atomic E-state index is 0.105. The SMILES string of the molecule is CCC(N)Cc1ccc(OC)cc1OCc1noc(C)n1. The fraction of sp³-hybridized carbons (Fsp3) is 0.467. The summed E-state index contributed by atoms with van der Waals surface area (Å²) in [7, 11) is 1.62. The van der Waals surface area contributed by atoms with Crippen LogP contribution in [0.3, 0.4) is 0 Å². The van der Waals surface area contributed by atoms with Crippen LogP contribution in [0.15, 0.2) is 22.7 Å². The fourth-order valence-electron chi connectivity index (χ4n) is 1.93. The number of benzene rings is 1. The number of hydrogen-bond acceptors (Lipinski definition) is 6. The van der Waals surface area contributed by atoms with Crippen LogP contribution in [0.4, 0.5) is 0 Å². The number of ether oxygens (including phenoxy) is 2. The van der Waals surface area contributed by atoms with E-state index in [0.29, 0.717) is 11.7 Å². The molecule has 0 aliphatic rings. The lowest BCUT2D eigenvalue weighted by molar-refractivity contribution is 0.280. The number of methoxy groups -OCH3 is 1. The molecule has 0 amide bonds. The maximum Gasteiger partial charge on any atom is 0.223 e. The van der Waals surface area contributed by atoms with Gasteiger partial charge in [-0.05, 0) is 24.5 Å². The minimum Gasteiger partial charge on any atom is -0.497 e. The topological polar surface area (TPSA) is 83.4 Å². The first kappa shape index (κ1) is 15.3. The Hall–Kier alpha value is -2.08. The predicted molar refractivity (Wildman–Crippen MR) is 78.3 cm³/mol. The molecule has 0 radical (unpaired) electrons. The van der Waals surface area contributed by atoms with Gasteiger partial charge in [-0.15, -0.1) is 0 Å². The molecule has 0 fully saturated rings. The summed E-state index contributed by atoms with van der Waals surface area (Å²) >= 11 is 0. The minimum atomic E-state index is 0.105. The van der Waals surface area contributed by atoms with Crippen LogP contribution in [0, 0.1) is 6.92 Å². The molecule has 0 bridgehead atoms. The van der Waals surface area contributed by atoms with Crippen LogP contribution in [-0.2, 0) is 13.0 Å². The average molecular weight is 291 g/mol. The molecule has 0 aliphatic carbocycles. The van der Waals surface area contributed by atoms with Crippen molar-refractivity contribution in [3.8, 4) is 11.5 Å². The van der Waals surface area contributed by atoms with Gasteiger partial charge in [0.2, 0.25) is 11.7 Å². The Bertz CT molecular complexity index is 583. The number of aromatic nitrogens is 2. The summed E-state index contributed by atoms with van der Waals surface area (Å²) in [6.45, 7) is 4.06. The van der Waals surface area contributed by atoms with E-state index in [1.807, 2.05) is 18.2 Å². The van der Waals surface area contributed by atoms with Crippen LogP contribution in [0.2, 0.25) is 0 Å². The van der Waals surface area contributed by atoms with Crippen LogP contribution >= 0.6 is 0 Å². The molecule has 2 rings (SSSR count). The first-order valence-corrected chi connectivity index (χ1v) is 6.96. The number of hydrogen-bond donors (Lipinski definition) is 1. The first-order valence-electron chi connectivity index (χ1n) is 6.96. The van der Waals surface area contributed by atoms with Gasteiger partial charge in [0.05, 0.1) is 7.11 Å². The second-order valence-corrected chi connectivity index (χ2v) is 4.86. The van der Waals surface area contributed by atoms with Crippen molar-refractivity contribution in [3.63, 3.8) is 0 Å². The van der Waals surface area contributed by atoms with Crippen LogP contribution in [-0.4, -0.2) is 23.3 Å². The van der Waals surface area contributed by atoms with Gasteiger partial charge in [-0.2, -0.15) is 4.98 Å². The van der Waals surface area contributed by atoms with Crippen molar-refractivity contribution in [3.05, 3.63) is 35.5 Å². The second kappa shape index (κ2) is 7.08. The van der Waals surface area contributed by atoms with Gasteiger partial charge in [0.25, 0.3) is 0 Å². The van der Waals surface area contributed by atoms with Crippen molar-refractivity contribution in [1.82, 2.24) is 10.1 Å². The standard InChI is InChI=1S/C15H21N3O3/c1-4-12(16)7-11-5-6-13(19-3)8-14(11)20-9-15-17-10(2)21-18-15/h5-6,8,12H,4,7,9,16H2,1-3H3. The summed E-state index contributed by atoms with van der Waals surface area (Å²) in [4.78, 5) is 4.12. The number of aryl methyl sites for hydroxylation is 1. The molecule has 0 aliphatic heterocycles. The molecular formula is C15H21N3O3. The average Bonchev–Trinajstić information content (AvgIpc) is 2.91. The van der Waals surface area contributed by atoms with Crippen molar-refractivity contribution in [2.45, 2.75) is 39.3 Å². The van der Waals surface area contributed by atoms with E-state index >= 15 is 0 Å². The van der Waals surface area contributed by atoms with Gasteiger partial charge in [-0.25, -0.2) is 0 Å². The smallest absolute Gasteiger partial charge is 0.223 e. The molecule has 2 aromatic rings. The van der Waals surface area contributed by atoms with Gasteiger partial charge in [0.1, 0.15) is 11.5 Å². The van der Waals surface area contributed by atoms with Crippen LogP contribution < -0.4 is 15.2 Å². The molecule has 1 unspecified atom stereocenters. The zero-order valence-corrected chi connectivity index (χ0v) is 12.6. The summed E-state index contributed by atoms with van der Waals surface area (Å²) in [5.74, 6) is 2.51. The quantitative estimate of drug-likeness (QED) is 0.842. The second-order valence-electron chi connectivity index (χ2n) is 4.86. The van der Waals surface area contributed by atoms with E-state index in [1.54, 1.807) is 14.0 Å². The van der Waals surface area contributed by atoms with Crippen LogP contribution in [0.25, 0.3) is 0 Å². The summed E-state index contributed by atoms with van der Waals surface area (Å²) in [5.41, 5.74) is 7.08. The van der Waals surface area contributed by atoms with Crippen LogP contribution in [0.1, 0.15) is 30.6 Å². The van der Waals surface area contributed by atoms with Crippen molar-refractivity contribution in [1.29, 1.82) is 0 Å². The fourth-order valence-corrected chi connectivity index (χ4v) is 1.93. The lowest BCUT2D eigenvalue weighted by Crippen LogP contribution is -2.21. The third-order valence-corrected chi connectivity index (χ3v) is 3.21. The van der Waals surface area contributed by atoms with Crippen molar-refractivity contribution >= 4 is 0 Å². The van der Waals surface area contributed by atoms with Gasteiger partial charge in [0.15, 0.2) is 6.61 Å². The van der Waals surface area contributed by atoms with Gasteiger partial charge in [0, 0.05) is 19.0 Å². The third kappa shape index (κ3) is 4.19. The third-order valence-electron chi connectivity index (χ3n) is 3.21. The van der Waals surface area contributed by atoms with Gasteiger partial charge < -0.3 is 19.7 Å². The van der Waals surface area contributed by atoms with Crippen molar-refractivity contribution in [2.24, 2.45) is 5.73 Å². The van der Waals surface area contributed by atoms with E-state index in [0.717, 1.165) is 29.9 Å². The Kier molecular flexibility index (Phi) is 5.16. The van der Waals surface area contributed by atoms with E-state index in [2.05, 4.69) is 17.1 Å². The number of rotatable bonds is 7. The summed E-state index contributed by atoms with van der Waals surface area (Å²) in [6.07, 6.45) is 1.66. The highest BCUT2D eigenvalue weighted by Gasteiger charge is 2.11. The van der Waals surface area contributed by atoms with E-state index in [9.17, 15) is 0 Å². The van der Waals surface area contributed by atoms with Gasteiger partial charge in [-0.1, -0.05) is 18.1 Å². The van der Waals surface area contributed by atoms with E-state index in [1.165, 1.54) is 0 Å². The molecule has 0 saturated carbocycles. The monoisotopic (exact) mass is 291 g/mol. The Morgan fingerprint density at radius 1 is 1.38 bits per heavy atom. The summed E-state index contributed by atoms with van der Waals surface area (Å²) < 4.78 is 16.0. The highest BCUT2D eigenvalue weighted by atomic mass is 16.5. The molecule has 6 heteroatoms. The zero-order chi connectivity index (χ0) is 15.2. The van der Waals surface area contributed by atoms with Crippen molar-refractivity contribution in [2.75, 3.05) is 7.11 Å². The van der Waals surface area contributed by atoms with Crippen molar-refractivity contribution < 1.29 is 14.0 Å². The number of nitrogens with two attached hydrogens (primary N) is 1. The molecular weight excluding hydrogens is 270 g/mol. The highest BCUT2D eigenvalue weighted by molar-refractivity contribution is 5.41. The lowest BCUT2D eigenvalue weighted by Gasteiger charge is -2.14. The van der Waals surface area contributed by atoms with E-state index < -0.39 is 0 Å². The molecule has 1 aromatic heterocycles. The molecule has 2 N–H and O–H groups in total. The molecule has 1 aromatic carbocycles. The maximum absolute atomic E-state index is 6.03. The molecule has 0 saturated heterocycles. The number of nitrogens with zero attached hydrogens (tertiary/aromatic N) is 2. The molecule has 6 nitrogen and oxygen atoms in total. The molecule has 1 heterocycles. The molecule has 114 valence electrons.